The number of anilines is 1. The quantitative estimate of drug-likeness (QED) is 0.601. The molecule has 0 radical (unpaired) electrons. The fourth-order valence-electron chi connectivity index (χ4n) is 2.16. The van der Waals surface area contributed by atoms with Crippen molar-refractivity contribution in [3.63, 3.8) is 0 Å². The van der Waals surface area contributed by atoms with Gasteiger partial charge in [-0.25, -0.2) is 8.42 Å². The lowest BCUT2D eigenvalue weighted by molar-refractivity contribution is 0.101. The molecular formula is C18H19NO3S. The molecule has 5 heteroatoms. The second-order valence-corrected chi connectivity index (χ2v) is 7.10. The first-order valence-corrected chi connectivity index (χ1v) is 8.61. The van der Waals surface area contributed by atoms with Crippen molar-refractivity contribution in [3.8, 4) is 0 Å². The third-order valence-electron chi connectivity index (χ3n) is 3.47. The Labute approximate surface area is 137 Å². The number of benzene rings is 2. The smallest absolute Gasteiger partial charge is 0.264 e. The third-order valence-corrected chi connectivity index (χ3v) is 5.27. The van der Waals surface area contributed by atoms with Gasteiger partial charge >= 0.3 is 0 Å². The Morgan fingerprint density at radius 2 is 1.65 bits per heavy atom. The Hall–Kier alpha value is -2.40. The number of hydrogen-bond donors (Lipinski definition) is 0. The lowest BCUT2D eigenvalue weighted by Crippen LogP contribution is -2.31. The van der Waals surface area contributed by atoms with Crippen LogP contribution in [0.15, 0.2) is 66.1 Å². The van der Waals surface area contributed by atoms with E-state index in [2.05, 4.69) is 6.58 Å². The first-order valence-electron chi connectivity index (χ1n) is 7.17. The van der Waals surface area contributed by atoms with E-state index in [4.69, 9.17) is 0 Å². The van der Waals surface area contributed by atoms with E-state index in [9.17, 15) is 13.2 Å². The molecule has 0 heterocycles. The Kier molecular flexibility index (Phi) is 5.01. The minimum absolute atomic E-state index is 0.0618. The highest BCUT2D eigenvalue weighted by Crippen LogP contribution is 2.24. The standard InChI is InChI=1S/C18H19NO3S/c1-4-13-19(17-9-7-16(8-10-17)15(3)20)23(21,22)18-11-5-14(2)6-12-18/h4-12H,1,13H2,2-3H3. The summed E-state index contributed by atoms with van der Waals surface area (Å²) in [4.78, 5) is 11.6. The van der Waals surface area contributed by atoms with E-state index in [1.807, 2.05) is 6.92 Å². The Bertz CT molecular complexity index is 806. The van der Waals surface area contributed by atoms with Crippen LogP contribution in [-0.4, -0.2) is 20.7 Å². The number of aryl methyl sites for hydroxylation is 1. The molecule has 0 spiro atoms. The minimum atomic E-state index is -3.69. The van der Waals surface area contributed by atoms with E-state index >= 15 is 0 Å². The fraction of sp³-hybridized carbons (Fsp3) is 0.167. The summed E-state index contributed by atoms with van der Waals surface area (Å²) in [5.41, 5.74) is 2.03. The number of ketones is 1. The average Bonchev–Trinajstić information content (AvgIpc) is 2.53. The van der Waals surface area contributed by atoms with Crippen molar-refractivity contribution in [2.75, 3.05) is 10.8 Å². The van der Waals surface area contributed by atoms with Crippen molar-refractivity contribution >= 4 is 21.5 Å². The first-order chi connectivity index (χ1) is 10.9. The maximum absolute atomic E-state index is 12.9. The second-order valence-electron chi connectivity index (χ2n) is 5.24. The van der Waals surface area contributed by atoms with Gasteiger partial charge in [-0.1, -0.05) is 23.8 Å². The van der Waals surface area contributed by atoms with Crippen molar-refractivity contribution in [2.45, 2.75) is 18.7 Å². The third kappa shape index (κ3) is 3.68. The molecular weight excluding hydrogens is 310 g/mol. The summed E-state index contributed by atoms with van der Waals surface area (Å²) in [6.07, 6.45) is 1.53. The van der Waals surface area contributed by atoms with E-state index in [-0.39, 0.29) is 17.2 Å². The summed E-state index contributed by atoms with van der Waals surface area (Å²) in [6.45, 7) is 7.15. The van der Waals surface area contributed by atoms with E-state index < -0.39 is 10.0 Å². The SMILES string of the molecule is C=CCN(c1ccc(C(C)=O)cc1)S(=O)(=O)c1ccc(C)cc1. The predicted molar refractivity (Wildman–Crippen MR) is 92.4 cm³/mol. The van der Waals surface area contributed by atoms with Gasteiger partial charge in [0, 0.05) is 5.56 Å². The number of rotatable bonds is 6. The fourth-order valence-corrected chi connectivity index (χ4v) is 3.59. The minimum Gasteiger partial charge on any atom is -0.295 e. The van der Waals surface area contributed by atoms with Crippen LogP contribution in [0.25, 0.3) is 0 Å². The van der Waals surface area contributed by atoms with Gasteiger partial charge in [-0.3, -0.25) is 9.10 Å². The van der Waals surface area contributed by atoms with Crippen molar-refractivity contribution in [3.05, 3.63) is 72.3 Å². The summed E-state index contributed by atoms with van der Waals surface area (Å²) in [5.74, 6) is -0.0618. The molecule has 0 N–H and O–H groups in total. The largest absolute Gasteiger partial charge is 0.295 e. The zero-order valence-corrected chi connectivity index (χ0v) is 14.0. The van der Waals surface area contributed by atoms with Crippen molar-refractivity contribution in [1.82, 2.24) is 0 Å². The van der Waals surface area contributed by atoms with E-state index in [0.29, 0.717) is 11.3 Å². The van der Waals surface area contributed by atoms with Crippen LogP contribution < -0.4 is 4.31 Å². The predicted octanol–water partition coefficient (Wildman–Crippen LogP) is 3.58. The summed E-state index contributed by atoms with van der Waals surface area (Å²) in [6, 6.07) is 13.2. The molecule has 0 bridgehead atoms. The molecule has 0 unspecified atom stereocenters. The van der Waals surface area contributed by atoms with E-state index in [1.54, 1.807) is 48.5 Å². The van der Waals surface area contributed by atoms with Gasteiger partial charge in [0.1, 0.15) is 0 Å². The molecule has 0 saturated heterocycles. The molecule has 0 atom stereocenters. The molecule has 0 aliphatic rings. The number of hydrogen-bond acceptors (Lipinski definition) is 3. The van der Waals surface area contributed by atoms with Crippen LogP contribution in [-0.2, 0) is 10.0 Å². The van der Waals surface area contributed by atoms with Gasteiger partial charge in [0.25, 0.3) is 10.0 Å². The molecule has 0 saturated carbocycles. The molecule has 120 valence electrons. The molecule has 0 aromatic heterocycles. The molecule has 0 aliphatic carbocycles. The molecule has 23 heavy (non-hydrogen) atoms. The summed E-state index contributed by atoms with van der Waals surface area (Å²) in [7, 11) is -3.69. The Balaban J connectivity index is 2.46. The maximum atomic E-state index is 12.9. The lowest BCUT2D eigenvalue weighted by atomic mass is 10.1. The number of sulfonamides is 1. The maximum Gasteiger partial charge on any atom is 0.264 e. The molecule has 0 aliphatic heterocycles. The van der Waals surface area contributed by atoms with Gasteiger partial charge in [-0.2, -0.15) is 0 Å². The number of nitrogens with zero attached hydrogens (tertiary/aromatic N) is 1. The zero-order valence-electron chi connectivity index (χ0n) is 13.2. The Morgan fingerprint density at radius 3 is 2.13 bits per heavy atom. The van der Waals surface area contributed by atoms with Gasteiger partial charge in [-0.05, 0) is 50.2 Å². The van der Waals surface area contributed by atoms with Gasteiger partial charge in [0.15, 0.2) is 5.78 Å². The van der Waals surface area contributed by atoms with Crippen LogP contribution in [0, 0.1) is 6.92 Å². The van der Waals surface area contributed by atoms with Crippen LogP contribution in [0.2, 0.25) is 0 Å². The summed E-state index contributed by atoms with van der Waals surface area (Å²) < 4.78 is 27.0. The zero-order chi connectivity index (χ0) is 17.0. The van der Waals surface area contributed by atoms with Crippen molar-refractivity contribution in [1.29, 1.82) is 0 Å². The number of Topliss-reactive ketones (excluding diaryl/α,β-unsaturated/α-hetero) is 1. The van der Waals surface area contributed by atoms with Gasteiger partial charge in [-0.15, -0.1) is 6.58 Å². The van der Waals surface area contributed by atoms with Crippen LogP contribution in [0.3, 0.4) is 0 Å². The molecule has 2 rings (SSSR count). The Morgan fingerprint density at radius 1 is 1.09 bits per heavy atom. The van der Waals surface area contributed by atoms with Crippen LogP contribution in [0.1, 0.15) is 22.8 Å². The van der Waals surface area contributed by atoms with Crippen LogP contribution >= 0.6 is 0 Å². The van der Waals surface area contributed by atoms with Crippen LogP contribution in [0.4, 0.5) is 5.69 Å². The normalized spacial score (nSPS) is 11.0. The molecule has 0 fully saturated rings. The van der Waals surface area contributed by atoms with Gasteiger partial charge in [0.05, 0.1) is 17.1 Å². The molecule has 4 nitrogen and oxygen atoms in total. The highest BCUT2D eigenvalue weighted by Gasteiger charge is 2.23. The van der Waals surface area contributed by atoms with Crippen LogP contribution in [0.5, 0.6) is 0 Å². The summed E-state index contributed by atoms with van der Waals surface area (Å²) >= 11 is 0. The van der Waals surface area contributed by atoms with Crippen molar-refractivity contribution in [2.24, 2.45) is 0 Å². The van der Waals surface area contributed by atoms with E-state index in [1.165, 1.54) is 17.3 Å². The number of carbonyl (C=O) groups is 1. The number of carbonyl (C=O) groups excluding carboxylic acids is 1. The summed E-state index contributed by atoms with van der Waals surface area (Å²) in [5, 5.41) is 0. The van der Waals surface area contributed by atoms with Gasteiger partial charge in [0.2, 0.25) is 0 Å². The van der Waals surface area contributed by atoms with E-state index in [0.717, 1.165) is 5.56 Å². The monoisotopic (exact) mass is 329 g/mol. The van der Waals surface area contributed by atoms with Gasteiger partial charge < -0.3 is 0 Å². The molecule has 2 aromatic rings. The second kappa shape index (κ2) is 6.79. The highest BCUT2D eigenvalue weighted by molar-refractivity contribution is 7.92. The first kappa shape index (κ1) is 17.0. The van der Waals surface area contributed by atoms with Crippen molar-refractivity contribution < 1.29 is 13.2 Å². The lowest BCUT2D eigenvalue weighted by Gasteiger charge is -2.23. The highest BCUT2D eigenvalue weighted by atomic mass is 32.2. The molecule has 2 aromatic carbocycles. The topological polar surface area (TPSA) is 54.5 Å². The average molecular weight is 329 g/mol. The molecule has 0 amide bonds.